The first-order valence-electron chi connectivity index (χ1n) is 8.05. The number of rotatable bonds is 7. The number of nitrogens with one attached hydrogen (secondary N) is 1. The first-order valence-corrected chi connectivity index (χ1v) is 8.05. The van der Waals surface area contributed by atoms with E-state index in [0.29, 0.717) is 13.2 Å². The monoisotopic (exact) mass is 313 g/mol. The van der Waals surface area contributed by atoms with Gasteiger partial charge in [0.15, 0.2) is 0 Å². The number of ether oxygens (including phenoxy) is 1. The Kier molecular flexibility index (Phi) is 4.37. The van der Waals surface area contributed by atoms with Crippen LogP contribution in [0, 0.1) is 12.3 Å². The highest BCUT2D eigenvalue weighted by Crippen LogP contribution is 2.45. The lowest BCUT2D eigenvalue weighted by Crippen LogP contribution is -2.37. The van der Waals surface area contributed by atoms with Crippen molar-refractivity contribution in [2.75, 3.05) is 13.2 Å². The Balaban J connectivity index is 1.49. The summed E-state index contributed by atoms with van der Waals surface area (Å²) in [7, 11) is 0. The molecule has 5 heteroatoms. The molecule has 0 radical (unpaired) electrons. The van der Waals surface area contributed by atoms with Gasteiger partial charge in [0.05, 0.1) is 6.61 Å². The van der Waals surface area contributed by atoms with Crippen LogP contribution >= 0.6 is 0 Å². The van der Waals surface area contributed by atoms with Gasteiger partial charge < -0.3 is 14.6 Å². The van der Waals surface area contributed by atoms with Gasteiger partial charge in [-0.15, -0.1) is 0 Å². The maximum Gasteiger partial charge on any atom is 0.242 e. The zero-order chi connectivity index (χ0) is 16.3. The molecule has 1 aromatic heterocycles. The van der Waals surface area contributed by atoms with Gasteiger partial charge in [0.25, 0.3) is 0 Å². The van der Waals surface area contributed by atoms with Crippen LogP contribution in [0.2, 0.25) is 0 Å². The highest BCUT2D eigenvalue weighted by Gasteiger charge is 2.44. The van der Waals surface area contributed by atoms with E-state index in [1.165, 1.54) is 0 Å². The summed E-state index contributed by atoms with van der Waals surface area (Å²) >= 11 is 0. The summed E-state index contributed by atoms with van der Waals surface area (Å²) in [6.45, 7) is 5.11. The van der Waals surface area contributed by atoms with E-state index in [-0.39, 0.29) is 17.4 Å². The van der Waals surface area contributed by atoms with Crippen molar-refractivity contribution in [2.45, 2.75) is 32.7 Å². The average Bonchev–Trinajstić information content (AvgIpc) is 3.23. The maximum absolute atomic E-state index is 12.3. The molecule has 0 saturated heterocycles. The second-order valence-electron chi connectivity index (χ2n) is 6.38. The maximum atomic E-state index is 12.3. The normalized spacial score (nSPS) is 16.6. The lowest BCUT2D eigenvalue weighted by Gasteiger charge is -2.20. The molecule has 1 saturated carbocycles. The SMILES string of the molecule is Cc1nccn1[C@@H](C)C(=O)NCC1(COc2ccccc2)CC1. The van der Waals surface area contributed by atoms with Gasteiger partial charge in [0.2, 0.25) is 5.91 Å². The Morgan fingerprint density at radius 1 is 1.39 bits per heavy atom. The lowest BCUT2D eigenvalue weighted by molar-refractivity contribution is -0.124. The first-order chi connectivity index (χ1) is 11.1. The second-order valence-corrected chi connectivity index (χ2v) is 6.38. The molecule has 1 heterocycles. The Morgan fingerprint density at radius 3 is 2.74 bits per heavy atom. The van der Waals surface area contributed by atoms with Crippen LogP contribution in [0.5, 0.6) is 5.75 Å². The minimum absolute atomic E-state index is 0.0251. The molecule has 3 rings (SSSR count). The predicted octanol–water partition coefficient (Wildman–Crippen LogP) is 2.73. The van der Waals surface area contributed by atoms with Gasteiger partial charge in [-0.05, 0) is 38.8 Å². The van der Waals surface area contributed by atoms with Crippen molar-refractivity contribution in [3.05, 3.63) is 48.5 Å². The Morgan fingerprint density at radius 2 is 2.13 bits per heavy atom. The van der Waals surface area contributed by atoms with Crippen molar-refractivity contribution >= 4 is 5.91 Å². The predicted molar refractivity (Wildman–Crippen MR) is 88.3 cm³/mol. The third-order valence-electron chi connectivity index (χ3n) is 4.54. The average molecular weight is 313 g/mol. The van der Waals surface area contributed by atoms with E-state index in [1.807, 2.05) is 54.9 Å². The summed E-state index contributed by atoms with van der Waals surface area (Å²) in [6, 6.07) is 9.57. The fraction of sp³-hybridized carbons (Fsp3) is 0.444. The molecule has 0 unspecified atom stereocenters. The van der Waals surface area contributed by atoms with E-state index in [0.717, 1.165) is 24.4 Å². The quantitative estimate of drug-likeness (QED) is 0.855. The van der Waals surface area contributed by atoms with E-state index < -0.39 is 0 Å². The summed E-state index contributed by atoms with van der Waals surface area (Å²) in [5, 5.41) is 3.07. The molecule has 1 aliphatic carbocycles. The molecule has 0 aliphatic heterocycles. The van der Waals surface area contributed by atoms with Crippen molar-refractivity contribution in [3.8, 4) is 5.75 Å². The number of carbonyl (C=O) groups is 1. The fourth-order valence-corrected chi connectivity index (χ4v) is 2.65. The Labute approximate surface area is 136 Å². The molecule has 1 N–H and O–H groups in total. The minimum Gasteiger partial charge on any atom is -0.493 e. The molecule has 0 spiro atoms. The molecule has 122 valence electrons. The van der Waals surface area contributed by atoms with Crippen LogP contribution in [0.3, 0.4) is 0 Å². The highest BCUT2D eigenvalue weighted by atomic mass is 16.5. The molecule has 1 atom stereocenters. The highest BCUT2D eigenvalue weighted by molar-refractivity contribution is 5.80. The number of carbonyl (C=O) groups excluding carboxylic acids is 1. The summed E-state index contributed by atoms with van der Waals surface area (Å²) in [5.41, 5.74) is 0.0925. The summed E-state index contributed by atoms with van der Waals surface area (Å²) in [5.74, 6) is 1.76. The minimum atomic E-state index is -0.247. The van der Waals surface area contributed by atoms with Crippen molar-refractivity contribution in [1.82, 2.24) is 14.9 Å². The van der Waals surface area contributed by atoms with Gasteiger partial charge in [0.1, 0.15) is 17.6 Å². The van der Waals surface area contributed by atoms with Crippen molar-refractivity contribution in [3.63, 3.8) is 0 Å². The smallest absolute Gasteiger partial charge is 0.242 e. The zero-order valence-electron chi connectivity index (χ0n) is 13.7. The summed E-state index contributed by atoms with van der Waals surface area (Å²) < 4.78 is 7.74. The van der Waals surface area contributed by atoms with Crippen LogP contribution in [-0.2, 0) is 4.79 Å². The Bertz CT molecular complexity index is 662. The van der Waals surface area contributed by atoms with Gasteiger partial charge in [-0.1, -0.05) is 18.2 Å². The fourth-order valence-electron chi connectivity index (χ4n) is 2.65. The number of aromatic nitrogens is 2. The summed E-state index contributed by atoms with van der Waals surface area (Å²) in [4.78, 5) is 16.5. The molecule has 23 heavy (non-hydrogen) atoms. The molecule has 0 bridgehead atoms. The molecule has 2 aromatic rings. The molecule has 1 aliphatic rings. The number of amides is 1. The Hall–Kier alpha value is -2.30. The van der Waals surface area contributed by atoms with Crippen LogP contribution in [0.4, 0.5) is 0 Å². The van der Waals surface area contributed by atoms with E-state index >= 15 is 0 Å². The third kappa shape index (κ3) is 3.73. The zero-order valence-corrected chi connectivity index (χ0v) is 13.7. The number of benzene rings is 1. The van der Waals surface area contributed by atoms with Crippen LogP contribution < -0.4 is 10.1 Å². The van der Waals surface area contributed by atoms with E-state index in [2.05, 4.69) is 10.3 Å². The van der Waals surface area contributed by atoms with Crippen LogP contribution in [0.1, 0.15) is 31.6 Å². The van der Waals surface area contributed by atoms with Crippen molar-refractivity contribution in [1.29, 1.82) is 0 Å². The first kappa shape index (κ1) is 15.6. The van der Waals surface area contributed by atoms with Gasteiger partial charge >= 0.3 is 0 Å². The second kappa shape index (κ2) is 6.44. The van der Waals surface area contributed by atoms with Crippen molar-refractivity contribution < 1.29 is 9.53 Å². The molecule has 1 amide bonds. The van der Waals surface area contributed by atoms with E-state index in [9.17, 15) is 4.79 Å². The van der Waals surface area contributed by atoms with Crippen LogP contribution in [-0.4, -0.2) is 28.6 Å². The molecule has 1 fully saturated rings. The van der Waals surface area contributed by atoms with E-state index in [4.69, 9.17) is 4.74 Å². The van der Waals surface area contributed by atoms with Crippen molar-refractivity contribution in [2.24, 2.45) is 5.41 Å². The van der Waals surface area contributed by atoms with Gasteiger partial charge in [-0.2, -0.15) is 0 Å². The van der Waals surface area contributed by atoms with Gasteiger partial charge in [0, 0.05) is 24.4 Å². The number of aryl methyl sites for hydroxylation is 1. The molecule has 1 aromatic carbocycles. The topological polar surface area (TPSA) is 56.2 Å². The number of para-hydroxylation sites is 1. The molecule has 5 nitrogen and oxygen atoms in total. The third-order valence-corrected chi connectivity index (χ3v) is 4.54. The number of imidazole rings is 1. The van der Waals surface area contributed by atoms with Crippen LogP contribution in [0.15, 0.2) is 42.7 Å². The van der Waals surface area contributed by atoms with Crippen LogP contribution in [0.25, 0.3) is 0 Å². The van der Waals surface area contributed by atoms with Gasteiger partial charge in [-0.3, -0.25) is 4.79 Å². The van der Waals surface area contributed by atoms with Gasteiger partial charge in [-0.25, -0.2) is 4.98 Å². The lowest BCUT2D eigenvalue weighted by atomic mass is 10.1. The number of hydrogen-bond donors (Lipinski definition) is 1. The molecular weight excluding hydrogens is 290 g/mol. The number of hydrogen-bond acceptors (Lipinski definition) is 3. The number of nitrogens with zero attached hydrogens (tertiary/aromatic N) is 2. The largest absolute Gasteiger partial charge is 0.493 e. The standard InChI is InChI=1S/C18H23N3O2/c1-14(21-11-10-19-15(21)2)17(22)20-12-18(8-9-18)13-23-16-6-4-3-5-7-16/h3-7,10-11,14H,8-9,12-13H2,1-2H3,(H,20,22)/t14-/m0/s1. The summed E-state index contributed by atoms with van der Waals surface area (Å²) in [6.07, 6.45) is 5.75. The molecular formula is C18H23N3O2. The van der Waals surface area contributed by atoms with E-state index in [1.54, 1.807) is 6.20 Å².